The monoisotopic (exact) mass is 461 g/mol. The van der Waals surface area contributed by atoms with Gasteiger partial charge in [-0.25, -0.2) is 4.79 Å². The molecule has 5 N–H and O–H groups in total. The molecule has 3 rings (SSSR count). The summed E-state index contributed by atoms with van der Waals surface area (Å²) >= 11 is 7.20. The second kappa shape index (κ2) is 10.2. The van der Waals surface area contributed by atoms with E-state index in [-0.39, 0.29) is 41.2 Å². The van der Waals surface area contributed by atoms with Crippen molar-refractivity contribution in [2.75, 3.05) is 11.9 Å². The van der Waals surface area contributed by atoms with Crippen molar-refractivity contribution in [1.29, 1.82) is 0 Å². The highest BCUT2D eigenvalue weighted by Gasteiger charge is 2.29. The number of halogens is 1. The molecular formula is C19H20ClN7O3S. The first-order chi connectivity index (χ1) is 14.8. The van der Waals surface area contributed by atoms with Crippen LogP contribution in [0.4, 0.5) is 11.6 Å². The van der Waals surface area contributed by atoms with Crippen LogP contribution in [0.3, 0.4) is 0 Å². The van der Waals surface area contributed by atoms with E-state index in [1.165, 1.54) is 11.8 Å². The molecule has 31 heavy (non-hydrogen) atoms. The van der Waals surface area contributed by atoms with E-state index in [1.807, 2.05) is 12.1 Å². The van der Waals surface area contributed by atoms with Crippen molar-refractivity contribution < 1.29 is 14.3 Å². The second-order valence-electron chi connectivity index (χ2n) is 6.43. The molecule has 0 bridgehead atoms. The lowest BCUT2D eigenvalue weighted by atomic mass is 10.3. The number of esters is 1. The van der Waals surface area contributed by atoms with E-state index < -0.39 is 5.97 Å². The van der Waals surface area contributed by atoms with Gasteiger partial charge in [0.25, 0.3) is 5.95 Å². The second-order valence-corrected chi connectivity index (χ2v) is 7.81. The molecule has 12 heteroatoms. The highest BCUT2D eigenvalue weighted by molar-refractivity contribution is 7.99. The Balaban J connectivity index is 1.69. The first-order valence-corrected chi connectivity index (χ1v) is 10.5. The van der Waals surface area contributed by atoms with Gasteiger partial charge in [-0.1, -0.05) is 0 Å². The molecule has 1 aromatic carbocycles. The van der Waals surface area contributed by atoms with Crippen molar-refractivity contribution in [2.24, 2.45) is 22.4 Å². The number of nitrogens with zero attached hydrogens (tertiary/aromatic N) is 4. The van der Waals surface area contributed by atoms with Gasteiger partial charge in [0.2, 0.25) is 11.2 Å². The quantitative estimate of drug-likeness (QED) is 0.232. The van der Waals surface area contributed by atoms with E-state index in [4.69, 9.17) is 27.8 Å². The summed E-state index contributed by atoms with van der Waals surface area (Å²) in [4.78, 5) is 40.4. The molecule has 1 heterocycles. The molecule has 0 atom stereocenters. The summed E-state index contributed by atoms with van der Waals surface area (Å²) in [5.41, 5.74) is 11.9. The molecule has 0 radical (unpaired) electrons. The number of ether oxygens (including phenoxy) is 1. The number of hydrogen-bond donors (Lipinski definition) is 3. The molecular weight excluding hydrogens is 442 g/mol. The van der Waals surface area contributed by atoms with Crippen molar-refractivity contribution >= 4 is 52.7 Å². The lowest BCUT2D eigenvalue weighted by Gasteiger charge is -2.06. The lowest BCUT2D eigenvalue weighted by Crippen LogP contribution is -2.19. The van der Waals surface area contributed by atoms with Gasteiger partial charge in [-0.3, -0.25) is 4.79 Å². The number of carbonyl (C=O) groups excluding carboxylic acids is 2. The molecule has 1 amide bonds. The third kappa shape index (κ3) is 6.93. The summed E-state index contributed by atoms with van der Waals surface area (Å²) in [6, 6.07) is 7.24. The van der Waals surface area contributed by atoms with Gasteiger partial charge >= 0.3 is 5.97 Å². The smallest absolute Gasteiger partial charge is 0.354 e. The maximum atomic E-state index is 11.8. The number of aliphatic imine (C=N–C) groups is 1. The first kappa shape index (κ1) is 22.5. The van der Waals surface area contributed by atoms with Crippen LogP contribution in [-0.4, -0.2) is 39.3 Å². The number of benzene rings is 1. The number of anilines is 1. The lowest BCUT2D eigenvalue weighted by molar-refractivity contribution is -0.138. The molecule has 2 aromatic rings. The number of amides is 1. The molecule has 1 aromatic heterocycles. The van der Waals surface area contributed by atoms with E-state index in [0.29, 0.717) is 5.16 Å². The Bertz CT molecular complexity index is 1040. The Morgan fingerprint density at radius 3 is 2.61 bits per heavy atom. The molecule has 1 fully saturated rings. The molecule has 162 valence electrons. The predicted octanol–water partition coefficient (Wildman–Crippen LogP) is 2.42. The van der Waals surface area contributed by atoms with Gasteiger partial charge in [0.1, 0.15) is 11.5 Å². The molecule has 1 aliphatic rings. The summed E-state index contributed by atoms with van der Waals surface area (Å²) in [5, 5.41) is 3.10. The summed E-state index contributed by atoms with van der Waals surface area (Å²) in [5.74, 6) is -0.666. The summed E-state index contributed by atoms with van der Waals surface area (Å²) in [6.45, 7) is 1.84. The van der Waals surface area contributed by atoms with Crippen LogP contribution in [0.2, 0.25) is 5.28 Å². The molecule has 10 nitrogen and oxygen atoms in total. The normalized spacial score (nSPS) is 14.3. The standard InChI is InChI=1S/C19H20ClN7O3S/c1-2-30-16(29)13(21)9-14(22)24-18-25-17(20)26-19(27-18)31-12-7-5-11(6-8-12)23-15(28)10-3-4-10/h5-10H,2-4,21H2,1H3,(H,23,28)(H2,22,24,25,26,27)/b13-9-. The molecule has 0 saturated heterocycles. The zero-order valence-electron chi connectivity index (χ0n) is 16.5. The molecule has 0 spiro atoms. The van der Waals surface area contributed by atoms with Gasteiger partial charge in [-0.15, -0.1) is 0 Å². The third-order valence-electron chi connectivity index (χ3n) is 3.90. The number of carbonyl (C=O) groups is 2. The van der Waals surface area contributed by atoms with Crippen LogP contribution in [-0.2, 0) is 14.3 Å². The summed E-state index contributed by atoms with van der Waals surface area (Å²) < 4.78 is 4.77. The van der Waals surface area contributed by atoms with Crippen molar-refractivity contribution in [1.82, 2.24) is 15.0 Å². The highest BCUT2D eigenvalue weighted by atomic mass is 35.5. The van der Waals surface area contributed by atoms with Crippen LogP contribution >= 0.6 is 23.4 Å². The molecule has 0 aliphatic heterocycles. The van der Waals surface area contributed by atoms with Crippen molar-refractivity contribution in [3.8, 4) is 0 Å². The Hall–Kier alpha value is -3.18. The van der Waals surface area contributed by atoms with Crippen LogP contribution in [0, 0.1) is 5.92 Å². The van der Waals surface area contributed by atoms with E-state index >= 15 is 0 Å². The number of nitrogens with one attached hydrogen (secondary N) is 1. The van der Waals surface area contributed by atoms with Gasteiger partial charge in [0.15, 0.2) is 5.16 Å². The highest BCUT2D eigenvalue weighted by Crippen LogP contribution is 2.31. The summed E-state index contributed by atoms with van der Waals surface area (Å²) in [7, 11) is 0. The maximum absolute atomic E-state index is 11.8. The van der Waals surface area contributed by atoms with Crippen LogP contribution in [0.15, 0.2) is 51.1 Å². The van der Waals surface area contributed by atoms with Crippen LogP contribution in [0.5, 0.6) is 0 Å². The van der Waals surface area contributed by atoms with Gasteiger partial charge in [-0.2, -0.15) is 19.9 Å². The zero-order valence-corrected chi connectivity index (χ0v) is 18.1. The van der Waals surface area contributed by atoms with Crippen molar-refractivity contribution in [3.63, 3.8) is 0 Å². The largest absolute Gasteiger partial charge is 0.461 e. The van der Waals surface area contributed by atoms with Crippen LogP contribution in [0.25, 0.3) is 0 Å². The average Bonchev–Trinajstić information content (AvgIpc) is 3.54. The van der Waals surface area contributed by atoms with E-state index in [2.05, 4.69) is 25.3 Å². The van der Waals surface area contributed by atoms with E-state index in [1.54, 1.807) is 19.1 Å². The molecule has 1 saturated carbocycles. The first-order valence-electron chi connectivity index (χ1n) is 9.33. The number of rotatable bonds is 8. The van der Waals surface area contributed by atoms with Crippen LogP contribution in [0.1, 0.15) is 19.8 Å². The SMILES string of the molecule is CCOC(=O)/C(N)=C/C(N)=N/c1nc(Cl)nc(Sc2ccc(NC(=O)C3CC3)cc2)n1. The average molecular weight is 462 g/mol. The van der Waals surface area contributed by atoms with Crippen molar-refractivity contribution in [2.45, 2.75) is 29.8 Å². The molecule has 1 aliphatic carbocycles. The minimum Gasteiger partial charge on any atom is -0.461 e. The van der Waals surface area contributed by atoms with E-state index in [9.17, 15) is 9.59 Å². The van der Waals surface area contributed by atoms with Gasteiger partial charge < -0.3 is 21.5 Å². The Kier molecular flexibility index (Phi) is 7.42. The molecule has 0 unspecified atom stereocenters. The van der Waals surface area contributed by atoms with Crippen molar-refractivity contribution in [3.05, 3.63) is 41.3 Å². The Labute approximate surface area is 187 Å². The number of hydrogen-bond acceptors (Lipinski definition) is 9. The number of aromatic nitrogens is 3. The topological polar surface area (TPSA) is 158 Å². The summed E-state index contributed by atoms with van der Waals surface area (Å²) in [6.07, 6.45) is 3.04. The fraction of sp³-hybridized carbons (Fsp3) is 0.263. The zero-order chi connectivity index (χ0) is 22.4. The van der Waals surface area contributed by atoms with Gasteiger partial charge in [0, 0.05) is 22.6 Å². The van der Waals surface area contributed by atoms with Gasteiger partial charge in [0.05, 0.1) is 6.61 Å². The van der Waals surface area contributed by atoms with E-state index in [0.717, 1.165) is 29.5 Å². The number of nitrogens with two attached hydrogens (primary N) is 2. The predicted molar refractivity (Wildman–Crippen MR) is 117 cm³/mol. The Morgan fingerprint density at radius 2 is 1.97 bits per heavy atom. The third-order valence-corrected chi connectivity index (χ3v) is 4.94. The Morgan fingerprint density at radius 1 is 1.26 bits per heavy atom. The minimum atomic E-state index is -0.706. The maximum Gasteiger partial charge on any atom is 0.354 e. The number of amidine groups is 1. The fourth-order valence-electron chi connectivity index (χ4n) is 2.30. The van der Waals surface area contributed by atoms with Gasteiger partial charge in [-0.05, 0) is 67.4 Å². The van der Waals surface area contributed by atoms with Crippen LogP contribution < -0.4 is 16.8 Å². The minimum absolute atomic E-state index is 0.0405. The fourth-order valence-corrected chi connectivity index (χ4v) is 3.25.